The minimum absolute atomic E-state index is 0.302. The lowest BCUT2D eigenvalue weighted by atomic mass is 10.3. The van der Waals surface area contributed by atoms with Crippen molar-refractivity contribution in [1.29, 1.82) is 0 Å². The van der Waals surface area contributed by atoms with Crippen LogP contribution in [0.3, 0.4) is 0 Å². The highest BCUT2D eigenvalue weighted by Crippen LogP contribution is 2.18. The van der Waals surface area contributed by atoms with Gasteiger partial charge in [0.15, 0.2) is 11.5 Å². The number of halogens is 1. The highest BCUT2D eigenvalue weighted by atomic mass is 19.1. The van der Waals surface area contributed by atoms with E-state index in [0.29, 0.717) is 28.6 Å². The monoisotopic (exact) mass is 244 g/mol. The van der Waals surface area contributed by atoms with Crippen LogP contribution >= 0.6 is 0 Å². The Hall–Kier alpha value is -2.70. The molecule has 0 fully saturated rings. The Bertz CT molecular complexity index is 690. The molecular weight excluding hydrogens is 235 g/mol. The Balaban J connectivity index is 1.97. The van der Waals surface area contributed by atoms with Crippen molar-refractivity contribution in [3.8, 4) is 0 Å². The number of nitrogens with zero attached hydrogens (tertiary/aromatic N) is 3. The van der Waals surface area contributed by atoms with Gasteiger partial charge in [-0.05, 0) is 24.3 Å². The number of aromatic amines is 1. The molecule has 0 spiro atoms. The summed E-state index contributed by atoms with van der Waals surface area (Å²) in [5.41, 5.74) is 7.50. The second kappa shape index (κ2) is 3.95. The molecule has 0 saturated carbocycles. The largest absolute Gasteiger partial charge is 0.382 e. The van der Waals surface area contributed by atoms with E-state index in [0.717, 1.165) is 0 Å². The van der Waals surface area contributed by atoms with Gasteiger partial charge in [0.05, 0.1) is 6.33 Å². The molecule has 7 heteroatoms. The quantitative estimate of drug-likeness (QED) is 0.639. The van der Waals surface area contributed by atoms with Crippen LogP contribution in [0.15, 0.2) is 30.6 Å². The molecule has 0 unspecified atom stereocenters. The smallest absolute Gasteiger partial charge is 0.231 e. The summed E-state index contributed by atoms with van der Waals surface area (Å²) < 4.78 is 12.8. The van der Waals surface area contributed by atoms with E-state index >= 15 is 0 Å². The van der Waals surface area contributed by atoms with Gasteiger partial charge in [-0.15, -0.1) is 0 Å². The molecule has 0 atom stereocenters. The topological polar surface area (TPSA) is 92.5 Å². The molecule has 0 radical (unpaired) electrons. The van der Waals surface area contributed by atoms with Crippen molar-refractivity contribution in [3.63, 3.8) is 0 Å². The van der Waals surface area contributed by atoms with Crippen LogP contribution < -0.4 is 11.1 Å². The Morgan fingerprint density at radius 3 is 2.72 bits per heavy atom. The van der Waals surface area contributed by atoms with Crippen LogP contribution in [0.25, 0.3) is 11.2 Å². The van der Waals surface area contributed by atoms with Crippen LogP contribution in [0, 0.1) is 5.82 Å². The van der Waals surface area contributed by atoms with Gasteiger partial charge in [-0.25, -0.2) is 9.37 Å². The number of nitrogen functional groups attached to an aromatic ring is 1. The standard InChI is InChI=1S/C11H9FN6/c12-6-1-3-7(4-2-6)16-11-17-9(13)8-10(18-11)15-5-14-8/h1-5H,(H4,13,14,15,16,17,18). The van der Waals surface area contributed by atoms with Crippen molar-refractivity contribution in [2.45, 2.75) is 0 Å². The van der Waals surface area contributed by atoms with Crippen molar-refractivity contribution < 1.29 is 4.39 Å². The number of imidazole rings is 1. The van der Waals surface area contributed by atoms with Gasteiger partial charge in [0.25, 0.3) is 0 Å². The molecular formula is C11H9FN6. The summed E-state index contributed by atoms with van der Waals surface area (Å²) in [6.45, 7) is 0. The lowest BCUT2D eigenvalue weighted by molar-refractivity contribution is 0.628. The van der Waals surface area contributed by atoms with Gasteiger partial charge in [-0.3, -0.25) is 0 Å². The van der Waals surface area contributed by atoms with Gasteiger partial charge in [0, 0.05) is 5.69 Å². The molecule has 4 N–H and O–H groups in total. The van der Waals surface area contributed by atoms with E-state index in [1.54, 1.807) is 12.1 Å². The summed E-state index contributed by atoms with van der Waals surface area (Å²) in [4.78, 5) is 15.1. The number of aromatic nitrogens is 4. The van der Waals surface area contributed by atoms with Crippen molar-refractivity contribution >= 4 is 28.6 Å². The number of benzene rings is 1. The van der Waals surface area contributed by atoms with E-state index in [4.69, 9.17) is 5.73 Å². The Morgan fingerprint density at radius 2 is 1.94 bits per heavy atom. The summed E-state index contributed by atoms with van der Waals surface area (Å²) >= 11 is 0. The lowest BCUT2D eigenvalue weighted by Gasteiger charge is -2.05. The molecule has 0 aliphatic rings. The van der Waals surface area contributed by atoms with Crippen molar-refractivity contribution in [3.05, 3.63) is 36.4 Å². The zero-order valence-corrected chi connectivity index (χ0v) is 9.18. The second-order valence-corrected chi connectivity index (χ2v) is 3.67. The molecule has 0 amide bonds. The summed E-state index contributed by atoms with van der Waals surface area (Å²) in [6, 6.07) is 5.87. The van der Waals surface area contributed by atoms with Crippen molar-refractivity contribution in [2.24, 2.45) is 0 Å². The maximum atomic E-state index is 12.8. The predicted octanol–water partition coefficient (Wildman–Crippen LogP) is 1.82. The van der Waals surface area contributed by atoms with E-state index in [1.807, 2.05) is 0 Å². The number of nitrogens with two attached hydrogens (primary N) is 1. The van der Waals surface area contributed by atoms with Crippen LogP contribution in [-0.2, 0) is 0 Å². The van der Waals surface area contributed by atoms with E-state index < -0.39 is 0 Å². The molecule has 1 aromatic carbocycles. The minimum Gasteiger partial charge on any atom is -0.382 e. The summed E-state index contributed by atoms with van der Waals surface area (Å²) in [7, 11) is 0. The van der Waals surface area contributed by atoms with Crippen LogP contribution in [0.5, 0.6) is 0 Å². The summed E-state index contributed by atoms with van der Waals surface area (Å²) in [6.07, 6.45) is 1.50. The highest BCUT2D eigenvalue weighted by molar-refractivity contribution is 5.82. The molecule has 2 aromatic heterocycles. The Morgan fingerprint density at radius 1 is 1.17 bits per heavy atom. The number of fused-ring (bicyclic) bond motifs is 1. The number of hydrogen-bond donors (Lipinski definition) is 3. The summed E-state index contributed by atoms with van der Waals surface area (Å²) in [5.74, 6) is 0.324. The van der Waals surface area contributed by atoms with Gasteiger partial charge in [-0.1, -0.05) is 0 Å². The number of H-pyrrole nitrogens is 1. The highest BCUT2D eigenvalue weighted by Gasteiger charge is 2.07. The molecule has 3 aromatic rings. The van der Waals surface area contributed by atoms with Crippen LogP contribution in [0.2, 0.25) is 0 Å². The normalized spacial score (nSPS) is 10.7. The van der Waals surface area contributed by atoms with Crippen molar-refractivity contribution in [2.75, 3.05) is 11.1 Å². The molecule has 0 bridgehead atoms. The second-order valence-electron chi connectivity index (χ2n) is 3.67. The van der Waals surface area contributed by atoms with Crippen LogP contribution in [-0.4, -0.2) is 19.9 Å². The number of hydrogen-bond acceptors (Lipinski definition) is 5. The maximum absolute atomic E-state index is 12.8. The van der Waals surface area contributed by atoms with Gasteiger partial charge in [0.1, 0.15) is 11.3 Å². The van der Waals surface area contributed by atoms with Crippen LogP contribution in [0.4, 0.5) is 21.8 Å². The van der Waals surface area contributed by atoms with E-state index in [2.05, 4.69) is 25.3 Å². The Kier molecular flexibility index (Phi) is 2.30. The molecule has 0 aliphatic carbocycles. The fourth-order valence-corrected chi connectivity index (χ4v) is 1.57. The zero-order valence-electron chi connectivity index (χ0n) is 9.18. The molecule has 0 saturated heterocycles. The Labute approximate surface area is 101 Å². The SMILES string of the molecule is Nc1nc(Nc2ccc(F)cc2)nc2nc[nH]c12. The van der Waals surface area contributed by atoms with E-state index in [1.165, 1.54) is 18.5 Å². The fourth-order valence-electron chi connectivity index (χ4n) is 1.57. The van der Waals surface area contributed by atoms with Gasteiger partial charge in [-0.2, -0.15) is 9.97 Å². The molecule has 2 heterocycles. The molecule has 90 valence electrons. The fraction of sp³-hybridized carbons (Fsp3) is 0. The van der Waals surface area contributed by atoms with Gasteiger partial charge < -0.3 is 16.0 Å². The first-order valence-electron chi connectivity index (χ1n) is 5.21. The van der Waals surface area contributed by atoms with Gasteiger partial charge >= 0.3 is 0 Å². The first-order chi connectivity index (χ1) is 8.72. The average Bonchev–Trinajstić information content (AvgIpc) is 2.81. The molecule has 18 heavy (non-hydrogen) atoms. The maximum Gasteiger partial charge on any atom is 0.231 e. The van der Waals surface area contributed by atoms with Gasteiger partial charge in [0.2, 0.25) is 5.95 Å². The third-order valence-electron chi connectivity index (χ3n) is 2.41. The third-order valence-corrected chi connectivity index (χ3v) is 2.41. The average molecular weight is 244 g/mol. The third kappa shape index (κ3) is 1.81. The van der Waals surface area contributed by atoms with Crippen LogP contribution in [0.1, 0.15) is 0 Å². The first kappa shape index (κ1) is 10.5. The number of anilines is 3. The predicted molar refractivity (Wildman–Crippen MR) is 65.8 cm³/mol. The number of rotatable bonds is 2. The number of nitrogens with one attached hydrogen (secondary N) is 2. The van der Waals surface area contributed by atoms with E-state index in [9.17, 15) is 4.39 Å². The minimum atomic E-state index is -0.302. The molecule has 6 nitrogen and oxygen atoms in total. The van der Waals surface area contributed by atoms with Crippen molar-refractivity contribution in [1.82, 2.24) is 19.9 Å². The first-order valence-corrected chi connectivity index (χ1v) is 5.21. The summed E-state index contributed by atoms with van der Waals surface area (Å²) in [5, 5.41) is 2.93. The molecule has 0 aliphatic heterocycles. The zero-order chi connectivity index (χ0) is 12.5. The molecule has 3 rings (SSSR count). The lowest BCUT2D eigenvalue weighted by Crippen LogP contribution is -2.01. The van der Waals surface area contributed by atoms with E-state index in [-0.39, 0.29) is 5.82 Å².